The van der Waals surface area contributed by atoms with Gasteiger partial charge in [-0.05, 0) is 44.1 Å². The van der Waals surface area contributed by atoms with Crippen LogP contribution in [0.1, 0.15) is 59.3 Å². The molecule has 0 aromatic carbocycles. The van der Waals surface area contributed by atoms with Gasteiger partial charge in [0.2, 0.25) is 0 Å². The van der Waals surface area contributed by atoms with Crippen molar-refractivity contribution in [3.05, 3.63) is 0 Å². The number of rotatable bonds is 0. The van der Waals surface area contributed by atoms with E-state index < -0.39 is 0 Å². The molecule has 0 spiro atoms. The van der Waals surface area contributed by atoms with Gasteiger partial charge in [-0.3, -0.25) is 0 Å². The van der Waals surface area contributed by atoms with Crippen molar-refractivity contribution in [1.29, 1.82) is 0 Å². The third-order valence-corrected chi connectivity index (χ3v) is 3.07. The Hall–Kier alpha value is -0.0400. The van der Waals surface area contributed by atoms with Crippen molar-refractivity contribution in [2.24, 2.45) is 11.8 Å². The van der Waals surface area contributed by atoms with Gasteiger partial charge in [0.05, 0.1) is 0 Å². The highest BCUT2D eigenvalue weighted by Gasteiger charge is 2.26. The predicted molar refractivity (Wildman–Crippen MR) is 63.5 cm³/mol. The molecular weight excluding hydrogens is 170 g/mol. The lowest BCUT2D eigenvalue weighted by Crippen LogP contribution is -2.42. The van der Waals surface area contributed by atoms with Crippen LogP contribution in [0, 0.1) is 11.8 Å². The molecule has 0 amide bonds. The van der Waals surface area contributed by atoms with E-state index in [1.54, 1.807) is 0 Å². The van der Waals surface area contributed by atoms with Crippen LogP contribution in [-0.2, 0) is 0 Å². The summed E-state index contributed by atoms with van der Waals surface area (Å²) >= 11 is 0. The minimum Gasteiger partial charge on any atom is -0.314 e. The van der Waals surface area contributed by atoms with Gasteiger partial charge in [0.1, 0.15) is 0 Å². The Morgan fingerprint density at radius 1 is 0.929 bits per heavy atom. The summed E-state index contributed by atoms with van der Waals surface area (Å²) in [4.78, 5) is 0. The number of hydrogen-bond donors (Lipinski definition) is 1. The van der Waals surface area contributed by atoms with Crippen LogP contribution in [-0.4, -0.2) is 12.6 Å². The molecule has 84 valence electrons. The van der Waals surface area contributed by atoms with E-state index in [4.69, 9.17) is 0 Å². The summed E-state index contributed by atoms with van der Waals surface area (Å²) in [6, 6.07) is 0.905. The third kappa shape index (κ3) is 4.45. The predicted octanol–water partition coefficient (Wildman–Crippen LogP) is 3.59. The molecule has 1 heteroatoms. The second-order valence-corrected chi connectivity index (χ2v) is 5.48. The monoisotopic (exact) mass is 197 g/mol. The molecule has 0 bridgehead atoms. The highest BCUT2D eigenvalue weighted by molar-refractivity contribution is 4.84. The Balaban J connectivity index is 0.000000213. The first-order chi connectivity index (χ1) is 6.70. The fourth-order valence-electron chi connectivity index (χ4n) is 2.47. The van der Waals surface area contributed by atoms with Crippen LogP contribution < -0.4 is 5.32 Å². The highest BCUT2D eigenvalue weighted by Crippen LogP contribution is 2.29. The van der Waals surface area contributed by atoms with E-state index >= 15 is 0 Å². The quantitative estimate of drug-likeness (QED) is 0.626. The summed E-state index contributed by atoms with van der Waals surface area (Å²) in [5.74, 6) is 1.88. The zero-order valence-electron chi connectivity index (χ0n) is 10.2. The average Bonchev–Trinajstić information content (AvgIpc) is 2.17. The lowest BCUT2D eigenvalue weighted by Gasteiger charge is -2.36. The molecule has 0 aromatic rings. The molecule has 1 saturated heterocycles. The SMILES string of the molecule is C1CCC2NCCCC2C1.CC(C)C. The topological polar surface area (TPSA) is 12.0 Å². The van der Waals surface area contributed by atoms with Crippen LogP contribution in [0.3, 0.4) is 0 Å². The van der Waals surface area contributed by atoms with Gasteiger partial charge in [-0.25, -0.2) is 0 Å². The standard InChI is InChI=1S/C9H17N.C4H10/c1-2-6-9-8(4-1)5-3-7-10-9;1-4(2)3/h8-10H,1-7H2;4H,1-3H3. The number of nitrogens with one attached hydrogen (secondary N) is 1. The fraction of sp³-hybridized carbons (Fsp3) is 1.00. The van der Waals surface area contributed by atoms with Crippen LogP contribution in [0.5, 0.6) is 0 Å². The van der Waals surface area contributed by atoms with Crippen molar-refractivity contribution in [3.8, 4) is 0 Å². The van der Waals surface area contributed by atoms with Crippen LogP contribution in [0.2, 0.25) is 0 Å². The summed E-state index contributed by atoms with van der Waals surface area (Å²) in [5.41, 5.74) is 0. The Morgan fingerprint density at radius 3 is 2.14 bits per heavy atom. The molecule has 1 N–H and O–H groups in total. The zero-order chi connectivity index (χ0) is 10.4. The number of hydrogen-bond acceptors (Lipinski definition) is 1. The molecule has 1 nitrogen and oxygen atoms in total. The van der Waals surface area contributed by atoms with Gasteiger partial charge in [-0.1, -0.05) is 33.6 Å². The summed E-state index contributed by atoms with van der Waals surface area (Å²) < 4.78 is 0. The lowest BCUT2D eigenvalue weighted by molar-refractivity contribution is 0.212. The van der Waals surface area contributed by atoms with Crippen molar-refractivity contribution in [1.82, 2.24) is 5.32 Å². The summed E-state index contributed by atoms with van der Waals surface area (Å²) in [6.45, 7) is 7.78. The van der Waals surface area contributed by atoms with E-state index in [2.05, 4.69) is 26.1 Å². The molecule has 2 rings (SSSR count). The van der Waals surface area contributed by atoms with E-state index in [0.29, 0.717) is 0 Å². The smallest absolute Gasteiger partial charge is 0.00953 e. The minimum absolute atomic E-state index is 0.833. The lowest BCUT2D eigenvalue weighted by atomic mass is 9.80. The molecule has 14 heavy (non-hydrogen) atoms. The van der Waals surface area contributed by atoms with E-state index in [1.165, 1.54) is 45.1 Å². The minimum atomic E-state index is 0.833. The molecule has 2 unspecified atom stereocenters. The first-order valence-electron chi connectivity index (χ1n) is 6.43. The Kier molecular flexibility index (Phi) is 5.54. The number of piperidine rings is 1. The van der Waals surface area contributed by atoms with E-state index in [9.17, 15) is 0 Å². The van der Waals surface area contributed by atoms with Crippen molar-refractivity contribution >= 4 is 0 Å². The van der Waals surface area contributed by atoms with Crippen molar-refractivity contribution in [3.63, 3.8) is 0 Å². The van der Waals surface area contributed by atoms with Crippen LogP contribution in [0.4, 0.5) is 0 Å². The fourth-order valence-corrected chi connectivity index (χ4v) is 2.47. The Morgan fingerprint density at radius 2 is 1.50 bits per heavy atom. The molecule has 2 fully saturated rings. The van der Waals surface area contributed by atoms with Crippen molar-refractivity contribution < 1.29 is 0 Å². The van der Waals surface area contributed by atoms with Crippen molar-refractivity contribution in [2.75, 3.05) is 6.54 Å². The van der Waals surface area contributed by atoms with Gasteiger partial charge in [-0.15, -0.1) is 0 Å². The van der Waals surface area contributed by atoms with Crippen LogP contribution in [0.25, 0.3) is 0 Å². The van der Waals surface area contributed by atoms with E-state index in [-0.39, 0.29) is 0 Å². The maximum absolute atomic E-state index is 3.62. The summed E-state index contributed by atoms with van der Waals surface area (Å²) in [6.07, 6.45) is 8.82. The first-order valence-corrected chi connectivity index (χ1v) is 6.43. The first kappa shape index (κ1) is 12.0. The molecule has 0 aromatic heterocycles. The second-order valence-electron chi connectivity index (χ2n) is 5.48. The van der Waals surface area contributed by atoms with Gasteiger partial charge in [0, 0.05) is 6.04 Å². The van der Waals surface area contributed by atoms with Gasteiger partial charge >= 0.3 is 0 Å². The molecule has 0 radical (unpaired) electrons. The molecule has 1 saturated carbocycles. The Labute approximate surface area is 89.7 Å². The normalized spacial score (nSPS) is 31.7. The maximum atomic E-state index is 3.62. The average molecular weight is 197 g/mol. The van der Waals surface area contributed by atoms with Crippen LogP contribution in [0.15, 0.2) is 0 Å². The molecule has 1 aliphatic carbocycles. The van der Waals surface area contributed by atoms with Gasteiger partial charge in [-0.2, -0.15) is 0 Å². The summed E-state index contributed by atoms with van der Waals surface area (Å²) in [7, 11) is 0. The maximum Gasteiger partial charge on any atom is 0.00953 e. The zero-order valence-corrected chi connectivity index (χ0v) is 10.2. The molecule has 2 atom stereocenters. The second kappa shape index (κ2) is 6.44. The number of fused-ring (bicyclic) bond motifs is 1. The van der Waals surface area contributed by atoms with E-state index in [0.717, 1.165) is 17.9 Å². The Bertz CT molecular complexity index is 113. The van der Waals surface area contributed by atoms with Gasteiger partial charge in [0.25, 0.3) is 0 Å². The molecule has 1 heterocycles. The van der Waals surface area contributed by atoms with E-state index in [1.807, 2.05) is 0 Å². The van der Waals surface area contributed by atoms with Crippen molar-refractivity contribution in [2.45, 2.75) is 65.3 Å². The van der Waals surface area contributed by atoms with Crippen LogP contribution >= 0.6 is 0 Å². The molecular formula is C13H27N. The largest absolute Gasteiger partial charge is 0.314 e. The highest BCUT2D eigenvalue weighted by atomic mass is 14.9. The molecule has 1 aliphatic heterocycles. The van der Waals surface area contributed by atoms with Gasteiger partial charge in [0.15, 0.2) is 0 Å². The van der Waals surface area contributed by atoms with Gasteiger partial charge < -0.3 is 5.32 Å². The molecule has 2 aliphatic rings. The third-order valence-electron chi connectivity index (χ3n) is 3.07. The summed E-state index contributed by atoms with van der Waals surface area (Å²) in [5, 5.41) is 3.62.